The lowest BCUT2D eigenvalue weighted by Gasteiger charge is -2.36. The van der Waals surface area contributed by atoms with Gasteiger partial charge in [-0.05, 0) is 69.8 Å². The molecule has 2 aliphatic rings. The van der Waals surface area contributed by atoms with Crippen molar-refractivity contribution in [3.05, 3.63) is 59.2 Å². The van der Waals surface area contributed by atoms with Gasteiger partial charge in [-0.15, -0.1) is 0 Å². The second kappa shape index (κ2) is 6.76. The molecule has 1 fully saturated rings. The Bertz CT molecular complexity index is 815. The second-order valence-corrected chi connectivity index (χ2v) is 7.42. The van der Waals surface area contributed by atoms with Crippen LogP contribution in [0.15, 0.2) is 42.5 Å². The molecule has 1 saturated heterocycles. The Morgan fingerprint density at radius 3 is 2.69 bits per heavy atom. The molecular formula is C22H26N2O2. The first kappa shape index (κ1) is 17.1. The number of carbonyl (C=O) groups is 1. The Morgan fingerprint density at radius 1 is 1.19 bits per heavy atom. The predicted molar refractivity (Wildman–Crippen MR) is 104 cm³/mol. The van der Waals surface area contributed by atoms with Gasteiger partial charge in [-0.1, -0.05) is 17.7 Å². The molecule has 2 heterocycles. The average molecular weight is 350 g/mol. The number of amides is 1. The number of nitrogens with zero attached hydrogens (tertiary/aromatic N) is 2. The van der Waals surface area contributed by atoms with E-state index in [-0.39, 0.29) is 11.9 Å². The quantitative estimate of drug-likeness (QED) is 0.843. The number of likely N-dealkylation sites (tertiary alicyclic amines) is 1. The molecule has 0 spiro atoms. The molecule has 0 aromatic heterocycles. The van der Waals surface area contributed by atoms with Gasteiger partial charge in [0.25, 0.3) is 5.91 Å². The van der Waals surface area contributed by atoms with Crippen LogP contribution >= 0.6 is 0 Å². The number of hydrogen-bond acceptors (Lipinski definition) is 3. The number of carbonyl (C=O) groups excluding carboxylic acids is 1. The highest BCUT2D eigenvalue weighted by atomic mass is 16.5. The minimum atomic E-state index is 0.0928. The first-order valence-electron chi connectivity index (χ1n) is 9.44. The average Bonchev–Trinajstić information content (AvgIpc) is 2.95. The molecule has 4 heteroatoms. The Hall–Kier alpha value is -2.33. The van der Waals surface area contributed by atoms with Crippen LogP contribution in [0.2, 0.25) is 0 Å². The molecule has 26 heavy (non-hydrogen) atoms. The van der Waals surface area contributed by atoms with Crippen LogP contribution < -0.4 is 9.64 Å². The van der Waals surface area contributed by atoms with Crippen LogP contribution in [0.25, 0.3) is 0 Å². The number of aryl methyl sites for hydroxylation is 1. The van der Waals surface area contributed by atoms with Gasteiger partial charge in [0.2, 0.25) is 0 Å². The van der Waals surface area contributed by atoms with Crippen molar-refractivity contribution >= 4 is 11.6 Å². The molecule has 0 radical (unpaired) electrons. The van der Waals surface area contributed by atoms with Crippen LogP contribution in [-0.4, -0.2) is 43.6 Å². The van der Waals surface area contributed by atoms with Gasteiger partial charge < -0.3 is 14.5 Å². The molecule has 1 amide bonds. The van der Waals surface area contributed by atoms with Gasteiger partial charge in [-0.3, -0.25) is 4.79 Å². The first-order valence-corrected chi connectivity index (χ1v) is 9.44. The molecule has 4 rings (SSSR count). The minimum absolute atomic E-state index is 0.0928. The fourth-order valence-electron chi connectivity index (χ4n) is 4.35. The maximum Gasteiger partial charge on any atom is 0.258 e. The zero-order valence-corrected chi connectivity index (χ0v) is 15.7. The Morgan fingerprint density at radius 2 is 1.96 bits per heavy atom. The fraction of sp³-hybridized carbons (Fsp3) is 0.409. The van der Waals surface area contributed by atoms with Gasteiger partial charge in [0.15, 0.2) is 0 Å². The minimum Gasteiger partial charge on any atom is -0.494 e. The SMILES string of the molecule is CCOc1ccc(C(=O)N2c3ccc(C)cc3C3CN(C)CCC32)cc1. The monoisotopic (exact) mass is 350 g/mol. The van der Waals surface area contributed by atoms with Crippen molar-refractivity contribution in [1.29, 1.82) is 0 Å². The predicted octanol–water partition coefficient (Wildman–Crippen LogP) is 3.84. The van der Waals surface area contributed by atoms with E-state index in [1.165, 1.54) is 11.1 Å². The summed E-state index contributed by atoms with van der Waals surface area (Å²) in [5.41, 5.74) is 4.38. The third kappa shape index (κ3) is 2.88. The van der Waals surface area contributed by atoms with Crippen LogP contribution in [0.3, 0.4) is 0 Å². The summed E-state index contributed by atoms with van der Waals surface area (Å²) in [5, 5.41) is 0. The Kier molecular flexibility index (Phi) is 4.45. The number of benzene rings is 2. The van der Waals surface area contributed by atoms with Crippen LogP contribution in [0.4, 0.5) is 5.69 Å². The van der Waals surface area contributed by atoms with Gasteiger partial charge in [0.05, 0.1) is 6.61 Å². The fourth-order valence-corrected chi connectivity index (χ4v) is 4.35. The van der Waals surface area contributed by atoms with Crippen LogP contribution in [0, 0.1) is 6.92 Å². The van der Waals surface area contributed by atoms with E-state index in [1.54, 1.807) is 0 Å². The number of anilines is 1. The van der Waals surface area contributed by atoms with Gasteiger partial charge in [0.1, 0.15) is 5.75 Å². The van der Waals surface area contributed by atoms with E-state index in [1.807, 2.05) is 36.1 Å². The molecule has 0 aliphatic carbocycles. The molecule has 2 aromatic carbocycles. The molecule has 0 saturated carbocycles. The molecule has 0 bridgehead atoms. The van der Waals surface area contributed by atoms with Gasteiger partial charge in [-0.25, -0.2) is 0 Å². The standard InChI is InChI=1S/C22H26N2O2/c1-4-26-17-8-6-16(7-9-17)22(25)24-20-10-5-15(2)13-18(20)19-14-23(3)12-11-21(19)24/h5-10,13,19,21H,4,11-12,14H2,1-3H3. The topological polar surface area (TPSA) is 32.8 Å². The largest absolute Gasteiger partial charge is 0.494 e. The Labute approximate surface area is 155 Å². The number of hydrogen-bond donors (Lipinski definition) is 0. The van der Waals surface area contributed by atoms with E-state index in [0.29, 0.717) is 12.5 Å². The van der Waals surface area contributed by atoms with Crippen LogP contribution in [0.5, 0.6) is 5.75 Å². The first-order chi connectivity index (χ1) is 12.6. The zero-order valence-electron chi connectivity index (χ0n) is 15.7. The molecule has 2 aromatic rings. The van der Waals surface area contributed by atoms with E-state index in [0.717, 1.165) is 36.5 Å². The lowest BCUT2D eigenvalue weighted by Crippen LogP contribution is -2.47. The van der Waals surface area contributed by atoms with Crippen molar-refractivity contribution in [2.75, 3.05) is 31.6 Å². The Balaban J connectivity index is 1.70. The normalized spacial score (nSPS) is 22.0. The number of ether oxygens (including phenoxy) is 1. The molecule has 2 aliphatic heterocycles. The van der Waals surface area contributed by atoms with Gasteiger partial charge >= 0.3 is 0 Å². The summed E-state index contributed by atoms with van der Waals surface area (Å²) in [6.07, 6.45) is 1.01. The lowest BCUT2D eigenvalue weighted by atomic mass is 9.88. The number of rotatable bonds is 3. The van der Waals surface area contributed by atoms with Crippen molar-refractivity contribution in [1.82, 2.24) is 4.90 Å². The van der Waals surface area contributed by atoms with Crippen molar-refractivity contribution in [3.63, 3.8) is 0 Å². The number of piperidine rings is 1. The van der Waals surface area contributed by atoms with Crippen molar-refractivity contribution < 1.29 is 9.53 Å². The number of likely N-dealkylation sites (N-methyl/N-ethyl adjacent to an activating group) is 1. The van der Waals surface area contributed by atoms with E-state index in [2.05, 4.69) is 37.1 Å². The maximum atomic E-state index is 13.4. The van der Waals surface area contributed by atoms with E-state index >= 15 is 0 Å². The molecule has 2 unspecified atom stereocenters. The van der Waals surface area contributed by atoms with Crippen LogP contribution in [-0.2, 0) is 0 Å². The highest BCUT2D eigenvalue weighted by Gasteiger charge is 2.44. The molecular weight excluding hydrogens is 324 g/mol. The number of fused-ring (bicyclic) bond motifs is 3. The smallest absolute Gasteiger partial charge is 0.258 e. The molecule has 136 valence electrons. The van der Waals surface area contributed by atoms with Crippen molar-refractivity contribution in [2.24, 2.45) is 0 Å². The third-order valence-corrected chi connectivity index (χ3v) is 5.58. The van der Waals surface area contributed by atoms with Gasteiger partial charge in [-0.2, -0.15) is 0 Å². The summed E-state index contributed by atoms with van der Waals surface area (Å²) in [7, 11) is 2.17. The summed E-state index contributed by atoms with van der Waals surface area (Å²) in [6.45, 7) is 6.75. The second-order valence-electron chi connectivity index (χ2n) is 7.42. The third-order valence-electron chi connectivity index (χ3n) is 5.58. The molecule has 2 atom stereocenters. The molecule has 0 N–H and O–H groups in total. The highest BCUT2D eigenvalue weighted by Crippen LogP contribution is 2.45. The van der Waals surface area contributed by atoms with E-state index < -0.39 is 0 Å². The highest BCUT2D eigenvalue weighted by molar-refractivity contribution is 6.08. The summed E-state index contributed by atoms with van der Waals surface area (Å²) in [4.78, 5) is 17.8. The summed E-state index contributed by atoms with van der Waals surface area (Å²) in [6, 6.07) is 14.3. The summed E-state index contributed by atoms with van der Waals surface area (Å²) < 4.78 is 5.50. The maximum absolute atomic E-state index is 13.4. The van der Waals surface area contributed by atoms with Crippen molar-refractivity contribution in [3.8, 4) is 5.75 Å². The van der Waals surface area contributed by atoms with Crippen molar-refractivity contribution in [2.45, 2.75) is 32.2 Å². The summed E-state index contributed by atoms with van der Waals surface area (Å²) in [5.74, 6) is 1.30. The lowest BCUT2D eigenvalue weighted by molar-refractivity contribution is 0.0964. The van der Waals surface area contributed by atoms with Gasteiger partial charge in [0, 0.05) is 29.8 Å². The summed E-state index contributed by atoms with van der Waals surface area (Å²) >= 11 is 0. The zero-order chi connectivity index (χ0) is 18.3. The van der Waals surface area contributed by atoms with E-state index in [9.17, 15) is 4.79 Å². The molecule has 4 nitrogen and oxygen atoms in total. The van der Waals surface area contributed by atoms with Crippen LogP contribution in [0.1, 0.15) is 40.7 Å². The van der Waals surface area contributed by atoms with E-state index in [4.69, 9.17) is 4.74 Å².